The van der Waals surface area contributed by atoms with Gasteiger partial charge in [-0.05, 0) is 107 Å². The summed E-state index contributed by atoms with van der Waals surface area (Å²) in [5, 5.41) is 0. The fourth-order valence-electron chi connectivity index (χ4n) is 5.94. The Labute approximate surface area is 259 Å². The van der Waals surface area contributed by atoms with Crippen LogP contribution in [0.1, 0.15) is 60.3 Å². The molecule has 2 aromatic carbocycles. The van der Waals surface area contributed by atoms with Gasteiger partial charge in [0, 0.05) is 30.6 Å². The van der Waals surface area contributed by atoms with Gasteiger partial charge in [-0.2, -0.15) is 4.31 Å². The third kappa shape index (κ3) is 6.82. The van der Waals surface area contributed by atoms with Crippen LogP contribution in [-0.4, -0.2) is 55.7 Å². The number of nitrogens with zero attached hydrogens (tertiary/aromatic N) is 2. The van der Waals surface area contributed by atoms with Crippen LogP contribution < -0.4 is 14.9 Å². The number of fused-ring (bicyclic) bond motifs is 1. The second-order valence-corrected chi connectivity index (χ2v) is 14.9. The fourth-order valence-corrected chi connectivity index (χ4v) is 8.35. The van der Waals surface area contributed by atoms with Gasteiger partial charge in [-0.1, -0.05) is 12.1 Å². The first-order chi connectivity index (χ1) is 20.4. The second-order valence-electron chi connectivity index (χ2n) is 12.1. The number of thioether (sulfide) groups is 1. The topological polar surface area (TPSA) is 89.3 Å². The molecule has 0 radical (unpaired) electrons. The lowest BCUT2D eigenvalue weighted by molar-refractivity contribution is 0.0831. The van der Waals surface area contributed by atoms with Crippen LogP contribution in [0.3, 0.4) is 0 Å². The summed E-state index contributed by atoms with van der Waals surface area (Å²) in [6.45, 7) is 12.7. The average molecular weight is 627 g/mol. The van der Waals surface area contributed by atoms with Crippen LogP contribution in [0.15, 0.2) is 55.6 Å². The third-order valence-electron chi connectivity index (χ3n) is 8.60. The molecule has 0 unspecified atom stereocenters. The number of hydrogen-bond acceptors (Lipinski definition) is 8. The molecule has 0 saturated carbocycles. The highest BCUT2D eigenvalue weighted by Crippen LogP contribution is 2.42. The Hall–Kier alpha value is -2.79. The smallest absolute Gasteiger partial charge is 0.243 e. The predicted molar refractivity (Wildman–Crippen MR) is 170 cm³/mol. The zero-order valence-electron chi connectivity index (χ0n) is 26.0. The highest BCUT2D eigenvalue weighted by molar-refractivity contribution is 7.98. The van der Waals surface area contributed by atoms with Crippen LogP contribution in [-0.2, 0) is 29.6 Å². The molecule has 1 fully saturated rings. The maximum Gasteiger partial charge on any atom is 0.243 e. The van der Waals surface area contributed by atoms with Gasteiger partial charge in [-0.3, -0.25) is 9.69 Å². The Bertz CT molecular complexity index is 1650. The first-order valence-electron chi connectivity index (χ1n) is 14.8. The van der Waals surface area contributed by atoms with Crippen LogP contribution >= 0.6 is 11.8 Å². The molecule has 232 valence electrons. The van der Waals surface area contributed by atoms with E-state index in [-0.39, 0.29) is 23.4 Å². The number of hydrogen-bond donors (Lipinski definition) is 0. The number of benzene rings is 2. The molecule has 0 spiro atoms. The standard InChI is InChI=1S/C33H42N2O6S2/c1-22-23(2)32(24(3)28-12-13-33(4,5)41-31(22)28)43(37,38)35-15-7-14-34(16-17-35)19-26-18-29(36)30(21-39-26)40-20-25-8-10-27(42-6)11-9-25/h8-11,18,21H,7,12-17,19-20H2,1-6H3. The van der Waals surface area contributed by atoms with Crippen LogP contribution in [0.25, 0.3) is 0 Å². The van der Waals surface area contributed by atoms with Gasteiger partial charge < -0.3 is 13.9 Å². The Balaban J connectivity index is 1.25. The van der Waals surface area contributed by atoms with Gasteiger partial charge in [0.25, 0.3) is 0 Å². The van der Waals surface area contributed by atoms with Gasteiger partial charge in [0.15, 0.2) is 0 Å². The summed E-state index contributed by atoms with van der Waals surface area (Å²) in [6.07, 6.45) is 5.72. The molecular formula is C33H42N2O6S2. The lowest BCUT2D eigenvalue weighted by Crippen LogP contribution is -2.37. The summed E-state index contributed by atoms with van der Waals surface area (Å²) < 4.78 is 47.6. The summed E-state index contributed by atoms with van der Waals surface area (Å²) in [5.74, 6) is 1.54. The van der Waals surface area contributed by atoms with E-state index in [1.165, 1.54) is 17.2 Å². The van der Waals surface area contributed by atoms with Crippen molar-refractivity contribution in [3.05, 3.63) is 80.4 Å². The zero-order chi connectivity index (χ0) is 30.9. The van der Waals surface area contributed by atoms with Crippen LogP contribution in [0, 0.1) is 20.8 Å². The summed E-state index contributed by atoms with van der Waals surface area (Å²) >= 11 is 1.67. The highest BCUT2D eigenvalue weighted by atomic mass is 32.2. The first-order valence-corrected chi connectivity index (χ1v) is 17.5. The maximum atomic E-state index is 14.1. The van der Waals surface area contributed by atoms with E-state index in [0.717, 1.165) is 46.4 Å². The molecule has 43 heavy (non-hydrogen) atoms. The van der Waals surface area contributed by atoms with Gasteiger partial charge >= 0.3 is 0 Å². The van der Waals surface area contributed by atoms with Crippen LogP contribution in [0.4, 0.5) is 0 Å². The molecule has 5 rings (SSSR count). The lowest BCUT2D eigenvalue weighted by atomic mass is 9.88. The van der Waals surface area contributed by atoms with Gasteiger partial charge in [0.1, 0.15) is 30.0 Å². The molecule has 0 N–H and O–H groups in total. The van der Waals surface area contributed by atoms with Crippen LogP contribution in [0.2, 0.25) is 0 Å². The van der Waals surface area contributed by atoms with Gasteiger partial charge in [-0.15, -0.1) is 11.8 Å². The molecule has 0 atom stereocenters. The Morgan fingerprint density at radius 1 is 1.00 bits per heavy atom. The molecule has 2 aliphatic rings. The zero-order valence-corrected chi connectivity index (χ0v) is 27.6. The summed E-state index contributed by atoms with van der Waals surface area (Å²) in [4.78, 5) is 16.5. The SMILES string of the molecule is CSc1ccc(COc2coc(CN3CCCN(S(=O)(=O)c4c(C)c(C)c5c(c4C)CCC(C)(C)O5)CC3)cc2=O)cc1. The van der Waals surface area contributed by atoms with Crippen molar-refractivity contribution in [1.82, 2.24) is 9.21 Å². The second kappa shape index (κ2) is 12.7. The molecule has 10 heteroatoms. The van der Waals surface area contributed by atoms with E-state index in [0.29, 0.717) is 49.8 Å². The van der Waals surface area contributed by atoms with Crippen molar-refractivity contribution in [3.63, 3.8) is 0 Å². The average Bonchev–Trinajstić information content (AvgIpc) is 3.21. The lowest BCUT2D eigenvalue weighted by Gasteiger charge is -2.36. The first kappa shape index (κ1) is 31.6. The fraction of sp³-hybridized carbons (Fsp3) is 0.485. The van der Waals surface area contributed by atoms with E-state index in [4.69, 9.17) is 13.9 Å². The van der Waals surface area contributed by atoms with Crippen molar-refractivity contribution < 1.29 is 22.3 Å². The Morgan fingerprint density at radius 2 is 1.74 bits per heavy atom. The number of ether oxygens (including phenoxy) is 2. The van der Waals surface area contributed by atoms with E-state index in [1.807, 2.05) is 51.3 Å². The summed E-state index contributed by atoms with van der Waals surface area (Å²) in [5.41, 5.74) is 3.94. The molecule has 1 aromatic heterocycles. The van der Waals surface area contributed by atoms with E-state index in [1.54, 1.807) is 16.1 Å². The van der Waals surface area contributed by atoms with Crippen molar-refractivity contribution in [2.24, 2.45) is 0 Å². The molecule has 0 amide bonds. The minimum absolute atomic E-state index is 0.172. The molecule has 2 aliphatic heterocycles. The Kier molecular flexibility index (Phi) is 9.32. The van der Waals surface area contributed by atoms with Gasteiger partial charge in [-0.25, -0.2) is 8.42 Å². The largest absolute Gasteiger partial charge is 0.487 e. The predicted octanol–water partition coefficient (Wildman–Crippen LogP) is 5.87. The minimum Gasteiger partial charge on any atom is -0.487 e. The summed E-state index contributed by atoms with van der Waals surface area (Å²) in [6, 6.07) is 9.48. The van der Waals surface area contributed by atoms with Crippen molar-refractivity contribution in [2.45, 2.75) is 82.4 Å². The van der Waals surface area contributed by atoms with Gasteiger partial charge in [0.2, 0.25) is 21.2 Å². The normalized spacial score (nSPS) is 17.6. The molecule has 0 aliphatic carbocycles. The number of sulfonamides is 1. The van der Waals surface area contributed by atoms with Gasteiger partial charge in [0.05, 0.1) is 11.4 Å². The quantitative estimate of drug-likeness (QED) is 0.287. The van der Waals surface area contributed by atoms with Crippen molar-refractivity contribution in [3.8, 4) is 11.5 Å². The molecule has 8 nitrogen and oxygen atoms in total. The molecular weight excluding hydrogens is 585 g/mol. The minimum atomic E-state index is -3.71. The molecule has 0 bridgehead atoms. The monoisotopic (exact) mass is 626 g/mol. The highest BCUT2D eigenvalue weighted by Gasteiger charge is 2.36. The molecule has 3 heterocycles. The van der Waals surface area contributed by atoms with Crippen LogP contribution in [0.5, 0.6) is 11.5 Å². The maximum absolute atomic E-state index is 14.1. The van der Waals surface area contributed by atoms with Crippen molar-refractivity contribution in [2.75, 3.05) is 32.4 Å². The Morgan fingerprint density at radius 3 is 2.44 bits per heavy atom. The molecule has 1 saturated heterocycles. The number of rotatable bonds is 8. The molecule has 3 aromatic rings. The van der Waals surface area contributed by atoms with Crippen molar-refractivity contribution >= 4 is 21.8 Å². The van der Waals surface area contributed by atoms with Crippen molar-refractivity contribution in [1.29, 1.82) is 0 Å². The van der Waals surface area contributed by atoms with E-state index >= 15 is 0 Å². The van der Waals surface area contributed by atoms with E-state index in [2.05, 4.69) is 18.7 Å². The van der Waals surface area contributed by atoms with E-state index < -0.39 is 10.0 Å². The third-order valence-corrected chi connectivity index (χ3v) is 11.5. The summed E-state index contributed by atoms with van der Waals surface area (Å²) in [7, 11) is -3.71. The van der Waals surface area contributed by atoms with E-state index in [9.17, 15) is 13.2 Å².